The fraction of sp³-hybridized carbons (Fsp3) is 0.167. The molecule has 0 aliphatic carbocycles. The van der Waals surface area contributed by atoms with Crippen LogP contribution in [-0.4, -0.2) is 21.9 Å². The highest BCUT2D eigenvalue weighted by molar-refractivity contribution is 8.13. The lowest BCUT2D eigenvalue weighted by Gasteiger charge is -1.97. The smallest absolute Gasteiger partial charge is 0.275 e. The zero-order chi connectivity index (χ0) is 12.3. The van der Waals surface area contributed by atoms with E-state index in [1.807, 2.05) is 6.92 Å². The first kappa shape index (κ1) is 11.7. The third-order valence-electron chi connectivity index (χ3n) is 2.19. The molecule has 0 fully saturated rings. The molecule has 1 aliphatic heterocycles. The van der Waals surface area contributed by atoms with Gasteiger partial charge in [0.15, 0.2) is 5.17 Å². The normalized spacial score (nSPS) is 17.1. The van der Waals surface area contributed by atoms with E-state index >= 15 is 0 Å². The van der Waals surface area contributed by atoms with Crippen LogP contribution in [0.3, 0.4) is 0 Å². The third-order valence-corrected chi connectivity index (χ3v) is 2.94. The molecule has 1 aromatic rings. The molecule has 1 amide bonds. The zero-order valence-corrected chi connectivity index (χ0v) is 10.1. The summed E-state index contributed by atoms with van der Waals surface area (Å²) in [7, 11) is 0. The van der Waals surface area contributed by atoms with Crippen molar-refractivity contribution in [2.24, 2.45) is 4.99 Å². The van der Waals surface area contributed by atoms with Crippen LogP contribution in [-0.2, 0) is 4.79 Å². The van der Waals surface area contributed by atoms with E-state index in [1.165, 1.54) is 11.8 Å². The van der Waals surface area contributed by atoms with Gasteiger partial charge >= 0.3 is 0 Å². The van der Waals surface area contributed by atoms with E-state index in [1.54, 1.807) is 30.3 Å². The molecule has 1 heterocycles. The minimum absolute atomic E-state index is 0.139. The number of hydrogen-bond acceptors (Lipinski definition) is 4. The number of thioether (sulfide) groups is 1. The third kappa shape index (κ3) is 2.68. The van der Waals surface area contributed by atoms with Gasteiger partial charge in [0.1, 0.15) is 11.4 Å². The average molecular weight is 248 g/mol. The number of phenols is 1. The molecule has 2 rings (SSSR count). The van der Waals surface area contributed by atoms with E-state index in [4.69, 9.17) is 0 Å². The molecule has 0 saturated carbocycles. The summed E-state index contributed by atoms with van der Waals surface area (Å²) >= 11 is 1.48. The van der Waals surface area contributed by atoms with Gasteiger partial charge < -0.3 is 5.11 Å². The van der Waals surface area contributed by atoms with Crippen molar-refractivity contribution >= 4 is 28.9 Å². The van der Waals surface area contributed by atoms with Crippen LogP contribution >= 0.6 is 11.8 Å². The highest BCUT2D eigenvalue weighted by atomic mass is 32.2. The van der Waals surface area contributed by atoms with Crippen molar-refractivity contribution in [1.82, 2.24) is 5.32 Å². The Morgan fingerprint density at radius 2 is 2.24 bits per heavy atom. The first-order valence-corrected chi connectivity index (χ1v) is 6.22. The number of carbonyl (C=O) groups is 1. The summed E-state index contributed by atoms with van der Waals surface area (Å²) in [6.45, 7) is 1.99. The monoisotopic (exact) mass is 248 g/mol. The molecular weight excluding hydrogens is 236 g/mol. The van der Waals surface area contributed by atoms with Crippen LogP contribution in [0.1, 0.15) is 12.5 Å². The van der Waals surface area contributed by atoms with Crippen LogP contribution in [0.2, 0.25) is 0 Å². The number of benzene rings is 1. The van der Waals surface area contributed by atoms with Gasteiger partial charge in [0.05, 0.1) is 0 Å². The number of amides is 1. The summed E-state index contributed by atoms with van der Waals surface area (Å²) in [5.74, 6) is 0.756. The number of nitrogens with zero attached hydrogens (tertiary/aromatic N) is 1. The van der Waals surface area contributed by atoms with Crippen molar-refractivity contribution < 1.29 is 9.90 Å². The fourth-order valence-electron chi connectivity index (χ4n) is 1.41. The number of aromatic hydroxyl groups is 1. The van der Waals surface area contributed by atoms with Gasteiger partial charge in [-0.15, -0.1) is 0 Å². The van der Waals surface area contributed by atoms with Crippen molar-refractivity contribution in [3.8, 4) is 5.75 Å². The molecular formula is C12H12N2O2S. The van der Waals surface area contributed by atoms with E-state index in [9.17, 15) is 9.90 Å². The number of aliphatic imine (C=N–C) groups is 1. The Kier molecular flexibility index (Phi) is 3.49. The van der Waals surface area contributed by atoms with Gasteiger partial charge in [0, 0.05) is 5.56 Å². The molecule has 17 heavy (non-hydrogen) atoms. The SMILES string of the molecule is CCSC1=NC(=Cc2ccccc2O)C(=O)N1. The molecule has 1 aromatic carbocycles. The number of nitrogens with one attached hydrogen (secondary N) is 1. The lowest BCUT2D eigenvalue weighted by atomic mass is 10.1. The highest BCUT2D eigenvalue weighted by Crippen LogP contribution is 2.21. The first-order valence-electron chi connectivity index (χ1n) is 5.23. The summed E-state index contributed by atoms with van der Waals surface area (Å²) in [5.41, 5.74) is 0.909. The van der Waals surface area contributed by atoms with Crippen LogP contribution in [0.25, 0.3) is 6.08 Å². The molecule has 0 bridgehead atoms. The van der Waals surface area contributed by atoms with Crippen molar-refractivity contribution in [2.45, 2.75) is 6.92 Å². The van der Waals surface area contributed by atoms with Crippen LogP contribution in [0, 0.1) is 0 Å². The second-order valence-electron chi connectivity index (χ2n) is 3.39. The van der Waals surface area contributed by atoms with Gasteiger partial charge in [-0.3, -0.25) is 10.1 Å². The second kappa shape index (κ2) is 5.05. The number of amidine groups is 1. The molecule has 0 saturated heterocycles. The number of carbonyl (C=O) groups excluding carboxylic acids is 1. The van der Waals surface area contributed by atoms with Crippen molar-refractivity contribution in [3.63, 3.8) is 0 Å². The quantitative estimate of drug-likeness (QED) is 0.787. The molecule has 4 nitrogen and oxygen atoms in total. The lowest BCUT2D eigenvalue weighted by molar-refractivity contribution is -0.115. The van der Waals surface area contributed by atoms with E-state index in [2.05, 4.69) is 10.3 Å². The molecule has 1 aliphatic rings. The van der Waals surface area contributed by atoms with Crippen molar-refractivity contribution in [3.05, 3.63) is 35.5 Å². The maximum Gasteiger partial charge on any atom is 0.275 e. The largest absolute Gasteiger partial charge is 0.507 e. The molecule has 0 atom stereocenters. The number of rotatable bonds is 2. The summed E-state index contributed by atoms with van der Waals surface area (Å²) in [4.78, 5) is 15.8. The zero-order valence-electron chi connectivity index (χ0n) is 9.30. The van der Waals surface area contributed by atoms with Crippen LogP contribution in [0.5, 0.6) is 5.75 Å². The average Bonchev–Trinajstić information content (AvgIpc) is 2.63. The highest BCUT2D eigenvalue weighted by Gasteiger charge is 2.19. The Morgan fingerprint density at radius 3 is 2.94 bits per heavy atom. The van der Waals surface area contributed by atoms with Crippen molar-refractivity contribution in [1.29, 1.82) is 0 Å². The number of phenolic OH excluding ortho intramolecular Hbond substituents is 1. The maximum atomic E-state index is 11.6. The first-order chi connectivity index (χ1) is 8.20. The van der Waals surface area contributed by atoms with Gasteiger partial charge in [-0.1, -0.05) is 36.9 Å². The maximum absolute atomic E-state index is 11.6. The molecule has 0 unspecified atom stereocenters. The summed E-state index contributed by atoms with van der Waals surface area (Å²) < 4.78 is 0. The summed E-state index contributed by atoms with van der Waals surface area (Å²) in [6.07, 6.45) is 1.58. The van der Waals surface area contributed by atoms with Crippen LogP contribution in [0.15, 0.2) is 35.0 Å². The standard InChI is InChI=1S/C12H12N2O2S/c1-2-17-12-13-9(11(16)14-12)7-8-5-3-4-6-10(8)15/h3-7,15H,2H2,1H3,(H,13,14,16). The van der Waals surface area contributed by atoms with Gasteiger partial charge in [0.25, 0.3) is 5.91 Å². The van der Waals surface area contributed by atoms with E-state index in [-0.39, 0.29) is 11.7 Å². The predicted octanol–water partition coefficient (Wildman–Crippen LogP) is 1.97. The van der Waals surface area contributed by atoms with Crippen molar-refractivity contribution in [2.75, 3.05) is 5.75 Å². The second-order valence-corrected chi connectivity index (χ2v) is 4.65. The number of para-hydroxylation sites is 1. The predicted molar refractivity (Wildman–Crippen MR) is 69.8 cm³/mol. The van der Waals surface area contributed by atoms with Gasteiger partial charge in [0.2, 0.25) is 0 Å². The fourth-order valence-corrected chi connectivity index (χ4v) is 2.01. The van der Waals surface area contributed by atoms with Crippen LogP contribution < -0.4 is 5.32 Å². The topological polar surface area (TPSA) is 61.7 Å². The van der Waals surface area contributed by atoms with E-state index in [0.29, 0.717) is 16.4 Å². The van der Waals surface area contributed by atoms with Gasteiger partial charge in [-0.2, -0.15) is 0 Å². The minimum Gasteiger partial charge on any atom is -0.507 e. The lowest BCUT2D eigenvalue weighted by Crippen LogP contribution is -2.21. The Bertz CT molecular complexity index is 509. The number of hydrogen-bond donors (Lipinski definition) is 2. The Balaban J connectivity index is 2.28. The molecule has 0 radical (unpaired) electrons. The Hall–Kier alpha value is -1.75. The van der Waals surface area contributed by atoms with E-state index < -0.39 is 0 Å². The molecule has 2 N–H and O–H groups in total. The van der Waals surface area contributed by atoms with Crippen LogP contribution in [0.4, 0.5) is 0 Å². The molecule has 5 heteroatoms. The minimum atomic E-state index is -0.232. The molecule has 0 aromatic heterocycles. The summed E-state index contributed by atoms with van der Waals surface area (Å²) in [6, 6.07) is 6.83. The van der Waals surface area contributed by atoms with E-state index in [0.717, 1.165) is 5.75 Å². The van der Waals surface area contributed by atoms with Gasteiger partial charge in [-0.05, 0) is 17.9 Å². The van der Waals surface area contributed by atoms with Gasteiger partial charge in [-0.25, -0.2) is 4.99 Å². The molecule has 88 valence electrons. The Labute approximate surface area is 103 Å². The molecule has 0 spiro atoms. The summed E-state index contributed by atoms with van der Waals surface area (Å²) in [5, 5.41) is 12.9. The Morgan fingerprint density at radius 1 is 1.47 bits per heavy atom.